The van der Waals surface area contributed by atoms with Gasteiger partial charge in [-0.05, 0) is 18.2 Å². The zero-order chi connectivity index (χ0) is 26.3. The minimum atomic E-state index is -1.37. The standard InChI is InChI=1S/C22H27NO12/c1-10(24)23-18-20(33-13(4)27)19(32-12(3)26)17(9-31-11(2)25)35-22(18)34-15-7-6-14(21(28)29)8-16(15)30-5/h6-8,17-20,22H,9H2,1-5H3,(H,23,24)(H,28,29)/t17-,18-,19+,20+,22-/m1/s1. The molecule has 1 aromatic rings. The summed E-state index contributed by atoms with van der Waals surface area (Å²) in [6.45, 7) is 4.22. The molecule has 13 nitrogen and oxygen atoms in total. The highest BCUT2D eigenvalue weighted by atomic mass is 16.7. The van der Waals surface area contributed by atoms with E-state index in [1.807, 2.05) is 0 Å². The third-order valence-corrected chi connectivity index (χ3v) is 4.72. The summed E-state index contributed by atoms with van der Waals surface area (Å²) >= 11 is 0. The molecular weight excluding hydrogens is 470 g/mol. The molecule has 0 spiro atoms. The second-order valence-corrected chi connectivity index (χ2v) is 7.51. The highest BCUT2D eigenvalue weighted by Crippen LogP contribution is 2.33. The highest BCUT2D eigenvalue weighted by molar-refractivity contribution is 5.88. The number of hydrogen-bond acceptors (Lipinski definition) is 11. The summed E-state index contributed by atoms with van der Waals surface area (Å²) in [6.07, 6.45) is -5.11. The second kappa shape index (κ2) is 12.0. The van der Waals surface area contributed by atoms with E-state index in [1.165, 1.54) is 32.2 Å². The number of carbonyl (C=O) groups excluding carboxylic acids is 4. The number of carboxylic acids is 1. The van der Waals surface area contributed by atoms with Gasteiger partial charge in [-0.3, -0.25) is 19.2 Å². The molecule has 0 aliphatic carbocycles. The largest absolute Gasteiger partial charge is 0.493 e. The maximum atomic E-state index is 12.0. The number of nitrogens with one attached hydrogen (secondary N) is 1. The van der Waals surface area contributed by atoms with Gasteiger partial charge in [-0.1, -0.05) is 0 Å². The van der Waals surface area contributed by atoms with Crippen molar-refractivity contribution in [3.05, 3.63) is 23.8 Å². The topological polar surface area (TPSA) is 173 Å². The van der Waals surface area contributed by atoms with Gasteiger partial charge in [0, 0.05) is 27.7 Å². The van der Waals surface area contributed by atoms with E-state index < -0.39 is 67.0 Å². The molecule has 5 atom stereocenters. The van der Waals surface area contributed by atoms with E-state index in [0.717, 1.165) is 20.8 Å². The van der Waals surface area contributed by atoms with Crippen molar-refractivity contribution in [3.63, 3.8) is 0 Å². The van der Waals surface area contributed by atoms with Crippen LogP contribution in [-0.2, 0) is 38.1 Å². The SMILES string of the molecule is COc1cc(C(=O)O)ccc1O[C@@H]1O[C@H](COC(C)=O)[C@H](OC(C)=O)[C@@H](OC(C)=O)[C@H]1NC(C)=O. The lowest BCUT2D eigenvalue weighted by atomic mass is 9.96. The molecule has 0 unspecified atom stereocenters. The Kier molecular flexibility index (Phi) is 9.40. The fraction of sp³-hybridized carbons (Fsp3) is 0.500. The molecule has 1 amide bonds. The molecule has 2 N–H and O–H groups in total. The number of methoxy groups -OCH3 is 1. The van der Waals surface area contributed by atoms with E-state index in [2.05, 4.69) is 5.32 Å². The molecule has 0 radical (unpaired) electrons. The Balaban J connectivity index is 2.52. The van der Waals surface area contributed by atoms with E-state index in [-0.39, 0.29) is 17.1 Å². The zero-order valence-corrected chi connectivity index (χ0v) is 19.8. The molecular formula is C22H27NO12. The number of benzene rings is 1. The number of carboxylic acid groups (broad SMARTS) is 1. The predicted molar refractivity (Wildman–Crippen MR) is 115 cm³/mol. The molecule has 1 saturated heterocycles. The van der Waals surface area contributed by atoms with Crippen molar-refractivity contribution in [2.45, 2.75) is 58.3 Å². The molecule has 1 aliphatic heterocycles. The average Bonchev–Trinajstić information content (AvgIpc) is 2.75. The maximum absolute atomic E-state index is 12.0. The molecule has 0 aromatic heterocycles. The van der Waals surface area contributed by atoms with Gasteiger partial charge in [0.25, 0.3) is 0 Å². The number of aromatic carboxylic acids is 1. The Morgan fingerprint density at radius 3 is 2.09 bits per heavy atom. The Morgan fingerprint density at radius 1 is 0.943 bits per heavy atom. The third kappa shape index (κ3) is 7.57. The summed E-state index contributed by atoms with van der Waals surface area (Å²) in [4.78, 5) is 58.4. The van der Waals surface area contributed by atoms with Crippen LogP contribution in [0.4, 0.5) is 0 Å². The van der Waals surface area contributed by atoms with Gasteiger partial charge in [0.05, 0.1) is 12.7 Å². The van der Waals surface area contributed by atoms with Crippen LogP contribution in [0.25, 0.3) is 0 Å². The fourth-order valence-corrected chi connectivity index (χ4v) is 3.41. The quantitative estimate of drug-likeness (QED) is 0.356. The van der Waals surface area contributed by atoms with Gasteiger partial charge >= 0.3 is 23.9 Å². The van der Waals surface area contributed by atoms with Crippen molar-refractivity contribution in [1.29, 1.82) is 0 Å². The van der Waals surface area contributed by atoms with Crippen LogP contribution >= 0.6 is 0 Å². The van der Waals surface area contributed by atoms with E-state index >= 15 is 0 Å². The summed E-state index contributed by atoms with van der Waals surface area (Å²) < 4.78 is 32.7. The maximum Gasteiger partial charge on any atom is 0.335 e. The van der Waals surface area contributed by atoms with Gasteiger partial charge in [-0.15, -0.1) is 0 Å². The van der Waals surface area contributed by atoms with Crippen LogP contribution < -0.4 is 14.8 Å². The Morgan fingerprint density at radius 2 is 1.57 bits per heavy atom. The van der Waals surface area contributed by atoms with Gasteiger partial charge in [0.2, 0.25) is 12.2 Å². The molecule has 0 saturated carbocycles. The van der Waals surface area contributed by atoms with Crippen molar-refractivity contribution in [2.24, 2.45) is 0 Å². The first-order chi connectivity index (χ1) is 16.4. The number of amides is 1. The van der Waals surface area contributed by atoms with Gasteiger partial charge in [0.15, 0.2) is 23.7 Å². The van der Waals surface area contributed by atoms with Gasteiger partial charge in [0.1, 0.15) is 18.8 Å². The van der Waals surface area contributed by atoms with Crippen molar-refractivity contribution >= 4 is 29.8 Å². The first-order valence-corrected chi connectivity index (χ1v) is 10.4. The number of hydrogen-bond donors (Lipinski definition) is 2. The lowest BCUT2D eigenvalue weighted by molar-refractivity contribution is -0.257. The predicted octanol–water partition coefficient (Wildman–Crippen LogP) is 0.428. The normalized spacial score (nSPS) is 23.4. The van der Waals surface area contributed by atoms with Gasteiger partial charge < -0.3 is 38.8 Å². The van der Waals surface area contributed by atoms with Crippen LogP contribution in [0.3, 0.4) is 0 Å². The van der Waals surface area contributed by atoms with Crippen molar-refractivity contribution in [1.82, 2.24) is 5.32 Å². The second-order valence-electron chi connectivity index (χ2n) is 7.51. The van der Waals surface area contributed by atoms with E-state index in [0.29, 0.717) is 0 Å². The zero-order valence-electron chi connectivity index (χ0n) is 19.8. The summed E-state index contributed by atoms with van der Waals surface area (Å²) in [5, 5.41) is 11.8. The minimum Gasteiger partial charge on any atom is -0.493 e. The molecule has 13 heteroatoms. The lowest BCUT2D eigenvalue weighted by Crippen LogP contribution is -2.67. The van der Waals surface area contributed by atoms with Gasteiger partial charge in [-0.2, -0.15) is 0 Å². The van der Waals surface area contributed by atoms with Crippen LogP contribution in [0.15, 0.2) is 18.2 Å². The molecule has 35 heavy (non-hydrogen) atoms. The summed E-state index contributed by atoms with van der Waals surface area (Å²) in [6, 6.07) is 2.60. The minimum absolute atomic E-state index is 0.0385. The Bertz CT molecular complexity index is 977. The molecule has 192 valence electrons. The van der Waals surface area contributed by atoms with E-state index in [1.54, 1.807) is 0 Å². The van der Waals surface area contributed by atoms with Crippen molar-refractivity contribution in [2.75, 3.05) is 13.7 Å². The monoisotopic (exact) mass is 497 g/mol. The summed E-state index contributed by atoms with van der Waals surface area (Å²) in [5.74, 6) is -3.80. The van der Waals surface area contributed by atoms with E-state index in [4.69, 9.17) is 28.4 Å². The Labute approximate surface area is 200 Å². The number of ether oxygens (including phenoxy) is 6. The molecule has 1 aromatic carbocycles. The fourth-order valence-electron chi connectivity index (χ4n) is 3.41. The third-order valence-electron chi connectivity index (χ3n) is 4.72. The molecule has 1 heterocycles. The molecule has 0 bridgehead atoms. The molecule has 1 aliphatic rings. The highest BCUT2D eigenvalue weighted by Gasteiger charge is 2.52. The number of esters is 3. The van der Waals surface area contributed by atoms with Gasteiger partial charge in [-0.25, -0.2) is 4.79 Å². The lowest BCUT2D eigenvalue weighted by Gasteiger charge is -2.44. The summed E-state index contributed by atoms with van der Waals surface area (Å²) in [7, 11) is 1.29. The van der Waals surface area contributed by atoms with E-state index in [9.17, 15) is 29.1 Å². The molecule has 1 fully saturated rings. The smallest absolute Gasteiger partial charge is 0.335 e. The van der Waals surface area contributed by atoms with Crippen LogP contribution in [-0.4, -0.2) is 79.3 Å². The van der Waals surface area contributed by atoms with Crippen LogP contribution in [0.5, 0.6) is 11.5 Å². The number of carbonyl (C=O) groups is 5. The average molecular weight is 497 g/mol. The number of rotatable bonds is 9. The first-order valence-electron chi connectivity index (χ1n) is 10.4. The van der Waals surface area contributed by atoms with Crippen LogP contribution in [0, 0.1) is 0 Å². The first kappa shape index (κ1) is 27.4. The van der Waals surface area contributed by atoms with Crippen molar-refractivity contribution < 1.29 is 57.5 Å². The molecule has 2 rings (SSSR count). The van der Waals surface area contributed by atoms with Crippen molar-refractivity contribution in [3.8, 4) is 11.5 Å². The van der Waals surface area contributed by atoms with Crippen LogP contribution in [0.1, 0.15) is 38.1 Å². The Hall–Kier alpha value is -3.87. The van der Waals surface area contributed by atoms with Crippen LogP contribution in [0.2, 0.25) is 0 Å². The summed E-state index contributed by atoms with van der Waals surface area (Å²) in [5.41, 5.74) is -0.0716.